The van der Waals surface area contributed by atoms with E-state index in [1.165, 1.54) is 0 Å². The van der Waals surface area contributed by atoms with Crippen molar-refractivity contribution in [1.82, 2.24) is 40.1 Å². The highest BCUT2D eigenvalue weighted by Crippen LogP contribution is 2.39. The zero-order valence-electron chi connectivity index (χ0n) is 33.8. The number of nitrogens with zero attached hydrogens (tertiary/aromatic N) is 3. The average molecular weight is 865 g/mol. The summed E-state index contributed by atoms with van der Waals surface area (Å²) in [5, 5.41) is 23.8. The Morgan fingerprint density at radius 1 is 0.717 bits per heavy atom. The molecule has 5 aliphatic rings. The molecule has 3 aliphatic heterocycles. The molecule has 0 bridgehead atoms. The predicted molar refractivity (Wildman–Crippen MR) is 222 cm³/mol. The van der Waals surface area contributed by atoms with Crippen LogP contribution in [0.5, 0.6) is 0 Å². The number of ether oxygens (including phenoxy) is 2. The number of carbonyl (C=O) groups is 2. The summed E-state index contributed by atoms with van der Waals surface area (Å²) in [5.41, 5.74) is 4.06. The number of sulfonamides is 2. The number of hydrogen-bond donors (Lipinski definition) is 7. The fraction of sp³-hybridized carbons (Fsp3) is 0.500. The van der Waals surface area contributed by atoms with Crippen LogP contribution in [0.1, 0.15) is 106 Å². The normalized spacial score (nSPS) is 23.6. The number of rotatable bonds is 8. The first-order valence-corrected chi connectivity index (χ1v) is 23.4. The van der Waals surface area contributed by atoms with Gasteiger partial charge >= 0.3 is 12.2 Å². The molecule has 0 spiro atoms. The second-order valence-corrected chi connectivity index (χ2v) is 20.4. The number of hydrogen-bond acceptors (Lipinski definition) is 12. The van der Waals surface area contributed by atoms with Crippen LogP contribution in [0, 0.1) is 0 Å². The van der Waals surface area contributed by atoms with Crippen LogP contribution in [0.25, 0.3) is 0 Å². The van der Waals surface area contributed by atoms with E-state index in [1.807, 2.05) is 45.0 Å². The topological polar surface area (TPSA) is 242 Å². The Labute approximate surface area is 349 Å². The van der Waals surface area contributed by atoms with Gasteiger partial charge in [-0.3, -0.25) is 10.2 Å². The van der Waals surface area contributed by atoms with E-state index in [2.05, 4.69) is 45.8 Å². The highest BCUT2D eigenvalue weighted by molar-refractivity contribution is 7.90. The van der Waals surface area contributed by atoms with Gasteiger partial charge in [0.25, 0.3) is 0 Å². The molecule has 18 nitrogen and oxygen atoms in total. The van der Waals surface area contributed by atoms with Crippen LogP contribution in [-0.4, -0.2) is 85.2 Å². The average Bonchev–Trinajstić information content (AvgIpc) is 4.03. The molecule has 4 aromatic rings. The van der Waals surface area contributed by atoms with Gasteiger partial charge in [-0.25, -0.2) is 35.9 Å². The molecule has 1 saturated heterocycles. The van der Waals surface area contributed by atoms with Gasteiger partial charge in [-0.1, -0.05) is 24.3 Å². The molecule has 2 amide bonds. The number of anilines is 4. The number of aromatic amines is 2. The summed E-state index contributed by atoms with van der Waals surface area (Å²) >= 11 is 0. The number of aromatic nitrogens is 4. The van der Waals surface area contributed by atoms with Crippen LogP contribution in [0.3, 0.4) is 0 Å². The number of fused-ring (bicyclic) bond motifs is 2. The first-order valence-electron chi connectivity index (χ1n) is 20.4. The summed E-state index contributed by atoms with van der Waals surface area (Å²) in [5.74, 6) is 1.55. The molecule has 2 aliphatic carbocycles. The van der Waals surface area contributed by atoms with Gasteiger partial charge in [0.2, 0.25) is 20.0 Å². The first-order chi connectivity index (χ1) is 28.6. The van der Waals surface area contributed by atoms with Crippen molar-refractivity contribution in [3.63, 3.8) is 0 Å². The van der Waals surface area contributed by atoms with Gasteiger partial charge < -0.3 is 30.3 Å². The number of nitrogens with one attached hydrogen (secondary N) is 7. The number of likely N-dealkylation sites (tertiary alicyclic amines) is 1. The Morgan fingerprint density at radius 3 is 1.68 bits per heavy atom. The molecule has 322 valence electrons. The second kappa shape index (κ2) is 16.7. The van der Waals surface area contributed by atoms with Crippen molar-refractivity contribution < 1.29 is 35.9 Å². The molecule has 2 saturated carbocycles. The zero-order valence-corrected chi connectivity index (χ0v) is 35.5. The number of carbonyl (C=O) groups excluding carboxylic acids is 2. The molecule has 0 unspecified atom stereocenters. The molecule has 2 aromatic carbocycles. The Balaban J connectivity index is 0.000000166. The predicted octanol–water partition coefficient (Wildman–Crippen LogP) is 5.92. The summed E-state index contributed by atoms with van der Waals surface area (Å²) in [7, 11) is -7.00. The van der Waals surface area contributed by atoms with Crippen molar-refractivity contribution in [2.24, 2.45) is 0 Å². The van der Waals surface area contributed by atoms with Gasteiger partial charge in [-0.15, -0.1) is 0 Å². The van der Waals surface area contributed by atoms with E-state index in [0.717, 1.165) is 87.0 Å². The van der Waals surface area contributed by atoms with Crippen LogP contribution in [0.4, 0.5) is 32.6 Å². The number of alkyl carbamates (subject to hydrolysis) is 1. The fourth-order valence-corrected chi connectivity index (χ4v) is 11.3. The Hall–Kier alpha value is -5.18. The van der Waals surface area contributed by atoms with E-state index in [1.54, 1.807) is 29.2 Å². The SMILES string of the molecule is CC(C)(C)NC(=O)O[C@@H]1CC[C@H](c2cc(Nc3cccc4c3S(=O)(=O)NC4)n[nH]2)C1.O=C(O[C@@H]1CC[C@H](c2cc(Nc3cccc4c3S(=O)(=O)NC4)n[nH]2)C1)N1CCCC1. The third-order valence-electron chi connectivity index (χ3n) is 11.4. The maximum Gasteiger partial charge on any atom is 0.410 e. The lowest BCUT2D eigenvalue weighted by molar-refractivity contribution is 0.0708. The van der Waals surface area contributed by atoms with E-state index < -0.39 is 26.1 Å². The smallest absolute Gasteiger partial charge is 0.410 e. The van der Waals surface area contributed by atoms with Gasteiger partial charge in [-0.05, 0) is 95.4 Å². The summed E-state index contributed by atoms with van der Waals surface area (Å²) in [4.78, 5) is 26.5. The van der Waals surface area contributed by atoms with Crippen molar-refractivity contribution >= 4 is 55.2 Å². The van der Waals surface area contributed by atoms with Crippen molar-refractivity contribution in [2.75, 3.05) is 23.7 Å². The Kier molecular flexibility index (Phi) is 11.6. The number of H-pyrrole nitrogens is 2. The third kappa shape index (κ3) is 9.40. The summed E-state index contributed by atoms with van der Waals surface area (Å²) in [6, 6.07) is 14.5. The highest BCUT2D eigenvalue weighted by atomic mass is 32.2. The molecule has 20 heteroatoms. The van der Waals surface area contributed by atoms with Crippen LogP contribution < -0.4 is 25.4 Å². The van der Waals surface area contributed by atoms with Crippen LogP contribution in [-0.2, 0) is 42.6 Å². The molecule has 2 aromatic heterocycles. The molecule has 4 atom stereocenters. The summed E-state index contributed by atoms with van der Waals surface area (Å²) in [6.45, 7) is 7.92. The van der Waals surface area contributed by atoms with Crippen molar-refractivity contribution in [1.29, 1.82) is 0 Å². The largest absolute Gasteiger partial charge is 0.446 e. The second-order valence-electron chi connectivity index (χ2n) is 17.0. The Morgan fingerprint density at radius 2 is 1.20 bits per heavy atom. The maximum absolute atomic E-state index is 12.3. The minimum absolute atomic E-state index is 0.0728. The van der Waals surface area contributed by atoms with Gasteiger partial charge in [0.15, 0.2) is 11.6 Å². The lowest BCUT2D eigenvalue weighted by Gasteiger charge is -2.22. The van der Waals surface area contributed by atoms with E-state index in [0.29, 0.717) is 36.1 Å². The maximum atomic E-state index is 12.3. The van der Waals surface area contributed by atoms with E-state index in [-0.39, 0.29) is 45.5 Å². The van der Waals surface area contributed by atoms with E-state index >= 15 is 0 Å². The van der Waals surface area contributed by atoms with Crippen LogP contribution in [0.15, 0.2) is 58.3 Å². The monoisotopic (exact) mass is 864 g/mol. The first kappa shape index (κ1) is 41.5. The lowest BCUT2D eigenvalue weighted by Crippen LogP contribution is -2.42. The van der Waals surface area contributed by atoms with Gasteiger partial charge in [0.1, 0.15) is 22.0 Å². The van der Waals surface area contributed by atoms with E-state index in [4.69, 9.17) is 9.47 Å². The molecule has 0 radical (unpaired) electrons. The highest BCUT2D eigenvalue weighted by Gasteiger charge is 2.34. The van der Waals surface area contributed by atoms with Gasteiger partial charge in [0.05, 0.1) is 11.4 Å². The number of benzene rings is 2. The molecular formula is C40H52N10O8S2. The van der Waals surface area contributed by atoms with Gasteiger partial charge in [0, 0.05) is 67.1 Å². The van der Waals surface area contributed by atoms with Crippen LogP contribution >= 0.6 is 0 Å². The molecule has 60 heavy (non-hydrogen) atoms. The standard InChI is InChI=1S/C20H25N5O4S.C20H27N5O4S/c26-20(25-8-1-2-9-25)29-15-7-6-13(10-15)17-11-18(24-23-17)22-16-5-3-4-14-12-21-30(27,28)19(14)16;1-20(2,3)23-19(26)29-14-8-7-12(9-14)16-10-17(25-24-16)22-15-6-4-5-13-11-21-30(27,28)18(13)15/h3-5,11,13,15,21H,1-2,6-10,12H2,(H2,22,23,24);4-6,10,12,14,21H,7-9,11H2,1-3H3,(H,23,26)(H2,22,24,25)/t13-,15+;12-,14+/m00/s1. The Bertz CT molecular complexity index is 2460. The molecular weight excluding hydrogens is 813 g/mol. The minimum atomic E-state index is -3.50. The fourth-order valence-electron chi connectivity index (χ4n) is 8.53. The number of amides is 2. The van der Waals surface area contributed by atoms with Crippen molar-refractivity contribution in [2.45, 2.75) is 125 Å². The van der Waals surface area contributed by atoms with Gasteiger partial charge in [-0.2, -0.15) is 10.2 Å². The molecule has 9 rings (SSSR count). The lowest BCUT2D eigenvalue weighted by atomic mass is 10.0. The molecule has 5 heterocycles. The molecule has 7 N–H and O–H groups in total. The van der Waals surface area contributed by atoms with Crippen LogP contribution in [0.2, 0.25) is 0 Å². The quantitative estimate of drug-likeness (QED) is 0.109. The van der Waals surface area contributed by atoms with Crippen molar-refractivity contribution in [3.8, 4) is 0 Å². The summed E-state index contributed by atoms with van der Waals surface area (Å²) < 4.78 is 65.4. The van der Waals surface area contributed by atoms with Crippen molar-refractivity contribution in [3.05, 3.63) is 71.0 Å². The third-order valence-corrected chi connectivity index (χ3v) is 14.5. The zero-order chi connectivity index (χ0) is 42.2. The van der Waals surface area contributed by atoms with E-state index in [9.17, 15) is 26.4 Å². The summed E-state index contributed by atoms with van der Waals surface area (Å²) in [6.07, 6.45) is 6.21. The molecule has 3 fully saturated rings. The minimum Gasteiger partial charge on any atom is -0.446 e.